The van der Waals surface area contributed by atoms with E-state index in [-0.39, 0.29) is 0 Å². The van der Waals surface area contributed by atoms with Crippen molar-refractivity contribution in [1.82, 2.24) is 15.0 Å². The fourth-order valence-electron chi connectivity index (χ4n) is 2.26. The van der Waals surface area contributed by atoms with Crippen LogP contribution in [0.2, 0.25) is 0 Å². The number of nitrogens with two attached hydrogens (primary N) is 1. The van der Waals surface area contributed by atoms with Gasteiger partial charge in [-0.3, -0.25) is 0 Å². The molecule has 0 fully saturated rings. The highest BCUT2D eigenvalue weighted by atomic mass is 16.5. The normalized spacial score (nSPS) is 10.8. The first-order valence-corrected chi connectivity index (χ1v) is 7.55. The maximum atomic E-state index is 5.73. The summed E-state index contributed by atoms with van der Waals surface area (Å²) in [5, 5.41) is 8.34. The topological polar surface area (TPSA) is 66.0 Å². The van der Waals surface area contributed by atoms with Crippen LogP contribution in [0.3, 0.4) is 0 Å². The molecule has 0 aliphatic heterocycles. The quantitative estimate of drug-likeness (QED) is 0.758. The Labute approximate surface area is 126 Å². The zero-order valence-corrected chi connectivity index (χ0v) is 12.9. The first-order valence-electron chi connectivity index (χ1n) is 7.55. The van der Waals surface area contributed by atoms with Crippen LogP contribution < -0.4 is 10.5 Å². The van der Waals surface area contributed by atoms with Crippen LogP contribution in [0.1, 0.15) is 36.7 Å². The Bertz CT molecular complexity index is 548. The van der Waals surface area contributed by atoms with Crippen molar-refractivity contribution < 1.29 is 4.74 Å². The van der Waals surface area contributed by atoms with E-state index in [2.05, 4.69) is 36.3 Å². The van der Waals surface area contributed by atoms with Gasteiger partial charge in [0.1, 0.15) is 5.75 Å². The second-order valence-corrected chi connectivity index (χ2v) is 5.18. The zero-order valence-electron chi connectivity index (χ0n) is 12.9. The van der Waals surface area contributed by atoms with Crippen LogP contribution in [0, 0.1) is 6.92 Å². The van der Waals surface area contributed by atoms with Crippen LogP contribution in [-0.4, -0.2) is 21.6 Å². The number of rotatable bonds is 8. The summed E-state index contributed by atoms with van der Waals surface area (Å²) in [6, 6.07) is 8.11. The molecule has 5 heteroatoms. The molecule has 1 aromatic carbocycles. The predicted molar refractivity (Wildman–Crippen MR) is 83.2 cm³/mol. The van der Waals surface area contributed by atoms with Crippen molar-refractivity contribution in [2.45, 2.75) is 46.2 Å². The molecule has 2 N–H and O–H groups in total. The monoisotopic (exact) mass is 288 g/mol. The fraction of sp³-hybridized carbons (Fsp3) is 0.500. The van der Waals surface area contributed by atoms with Gasteiger partial charge in [0.25, 0.3) is 0 Å². The van der Waals surface area contributed by atoms with Gasteiger partial charge in [-0.2, -0.15) is 0 Å². The van der Waals surface area contributed by atoms with E-state index < -0.39 is 0 Å². The Morgan fingerprint density at radius 3 is 2.67 bits per heavy atom. The zero-order chi connectivity index (χ0) is 15.1. The third-order valence-corrected chi connectivity index (χ3v) is 3.40. The van der Waals surface area contributed by atoms with Gasteiger partial charge < -0.3 is 10.5 Å². The molecule has 5 nitrogen and oxygen atoms in total. The number of nitrogens with zero attached hydrogens (tertiary/aromatic N) is 3. The van der Waals surface area contributed by atoms with Crippen LogP contribution in [0.4, 0.5) is 0 Å². The SMILES string of the molecule is CCCc1c(CN)nnn1CCCOc1ccc(C)cc1. The number of benzene rings is 1. The summed E-state index contributed by atoms with van der Waals surface area (Å²) in [6.45, 7) is 6.16. The van der Waals surface area contributed by atoms with Gasteiger partial charge >= 0.3 is 0 Å². The Morgan fingerprint density at radius 2 is 2.00 bits per heavy atom. The molecule has 21 heavy (non-hydrogen) atoms. The van der Waals surface area contributed by atoms with Crippen LogP contribution in [0.5, 0.6) is 5.75 Å². The molecule has 2 aromatic rings. The number of aryl methyl sites for hydroxylation is 2. The molecule has 0 aliphatic carbocycles. The summed E-state index contributed by atoms with van der Waals surface area (Å²) >= 11 is 0. The lowest BCUT2D eigenvalue weighted by atomic mass is 10.2. The van der Waals surface area contributed by atoms with Crippen LogP contribution in [0.15, 0.2) is 24.3 Å². The van der Waals surface area contributed by atoms with E-state index in [1.807, 2.05) is 16.8 Å². The molecule has 114 valence electrons. The van der Waals surface area contributed by atoms with E-state index >= 15 is 0 Å². The molecule has 0 bridgehead atoms. The minimum atomic E-state index is 0.454. The smallest absolute Gasteiger partial charge is 0.119 e. The lowest BCUT2D eigenvalue weighted by molar-refractivity contribution is 0.296. The summed E-state index contributed by atoms with van der Waals surface area (Å²) < 4.78 is 7.69. The third-order valence-electron chi connectivity index (χ3n) is 3.40. The van der Waals surface area contributed by atoms with Crippen molar-refractivity contribution in [3.63, 3.8) is 0 Å². The molecule has 0 unspecified atom stereocenters. The molecule has 0 spiro atoms. The molecule has 0 amide bonds. The maximum Gasteiger partial charge on any atom is 0.119 e. The van der Waals surface area contributed by atoms with Crippen molar-refractivity contribution in [2.24, 2.45) is 5.73 Å². The van der Waals surface area contributed by atoms with Crippen LogP contribution >= 0.6 is 0 Å². The largest absolute Gasteiger partial charge is 0.494 e. The van der Waals surface area contributed by atoms with E-state index in [1.165, 1.54) is 5.56 Å². The highest BCUT2D eigenvalue weighted by molar-refractivity contribution is 5.26. The van der Waals surface area contributed by atoms with Gasteiger partial charge in [0.05, 0.1) is 18.0 Å². The lowest BCUT2D eigenvalue weighted by Gasteiger charge is -2.08. The van der Waals surface area contributed by atoms with Crippen molar-refractivity contribution in [3.05, 3.63) is 41.2 Å². The fourth-order valence-corrected chi connectivity index (χ4v) is 2.26. The van der Waals surface area contributed by atoms with Crippen molar-refractivity contribution >= 4 is 0 Å². The second-order valence-electron chi connectivity index (χ2n) is 5.18. The van der Waals surface area contributed by atoms with E-state index in [0.29, 0.717) is 13.2 Å². The standard InChI is InChI=1S/C16H24N4O/c1-3-5-16-15(12-17)18-19-20(16)10-4-11-21-14-8-6-13(2)7-9-14/h6-9H,3-5,10-12,17H2,1-2H3. The minimum absolute atomic E-state index is 0.454. The van der Waals surface area contributed by atoms with Crippen molar-refractivity contribution in [2.75, 3.05) is 6.61 Å². The molecule has 1 aromatic heterocycles. The van der Waals surface area contributed by atoms with E-state index in [0.717, 1.165) is 42.9 Å². The van der Waals surface area contributed by atoms with E-state index in [9.17, 15) is 0 Å². The Morgan fingerprint density at radius 1 is 1.24 bits per heavy atom. The summed E-state index contributed by atoms with van der Waals surface area (Å²) in [5.41, 5.74) is 9.01. The van der Waals surface area contributed by atoms with Gasteiger partial charge in [-0.15, -0.1) is 5.10 Å². The first kappa shape index (κ1) is 15.5. The minimum Gasteiger partial charge on any atom is -0.494 e. The first-order chi connectivity index (χ1) is 10.2. The van der Waals surface area contributed by atoms with Gasteiger partial charge in [-0.25, -0.2) is 4.68 Å². The number of hydrogen-bond donors (Lipinski definition) is 1. The van der Waals surface area contributed by atoms with Crippen LogP contribution in [-0.2, 0) is 19.5 Å². The summed E-state index contributed by atoms with van der Waals surface area (Å²) in [6.07, 6.45) is 2.94. The highest BCUT2D eigenvalue weighted by Crippen LogP contribution is 2.12. The molecule has 0 atom stereocenters. The molecule has 1 heterocycles. The molecule has 0 saturated heterocycles. The third kappa shape index (κ3) is 4.29. The Kier molecular flexibility index (Phi) is 5.75. The average molecular weight is 288 g/mol. The lowest BCUT2D eigenvalue weighted by Crippen LogP contribution is -2.10. The maximum absolute atomic E-state index is 5.73. The number of ether oxygens (including phenoxy) is 1. The van der Waals surface area contributed by atoms with Gasteiger partial charge in [0, 0.05) is 19.5 Å². The van der Waals surface area contributed by atoms with Gasteiger partial charge in [0.2, 0.25) is 0 Å². The van der Waals surface area contributed by atoms with Gasteiger partial charge in [0.15, 0.2) is 0 Å². The Balaban J connectivity index is 1.83. The van der Waals surface area contributed by atoms with E-state index in [4.69, 9.17) is 10.5 Å². The van der Waals surface area contributed by atoms with Crippen molar-refractivity contribution in [3.8, 4) is 5.75 Å². The molecule has 0 aliphatic rings. The Hall–Kier alpha value is -1.88. The van der Waals surface area contributed by atoms with Gasteiger partial charge in [-0.1, -0.05) is 36.3 Å². The molecule has 0 radical (unpaired) electrons. The predicted octanol–water partition coefficient (Wildman–Crippen LogP) is 2.47. The highest BCUT2D eigenvalue weighted by Gasteiger charge is 2.10. The van der Waals surface area contributed by atoms with Crippen LogP contribution in [0.25, 0.3) is 0 Å². The summed E-state index contributed by atoms with van der Waals surface area (Å²) in [5.74, 6) is 0.913. The second kappa shape index (κ2) is 7.78. The number of hydrogen-bond acceptors (Lipinski definition) is 4. The van der Waals surface area contributed by atoms with E-state index in [1.54, 1.807) is 0 Å². The average Bonchev–Trinajstić information content (AvgIpc) is 2.88. The molecule has 2 rings (SSSR count). The molecular weight excluding hydrogens is 264 g/mol. The summed E-state index contributed by atoms with van der Waals surface area (Å²) in [4.78, 5) is 0. The van der Waals surface area contributed by atoms with Gasteiger partial charge in [-0.05, 0) is 25.5 Å². The molecular formula is C16H24N4O. The number of aromatic nitrogens is 3. The molecule has 0 saturated carbocycles. The summed E-state index contributed by atoms with van der Waals surface area (Å²) in [7, 11) is 0. The van der Waals surface area contributed by atoms with Crippen molar-refractivity contribution in [1.29, 1.82) is 0 Å².